The molecule has 2 N–H and O–H groups in total. The number of H-pyrrole nitrogens is 2. The fourth-order valence-electron chi connectivity index (χ4n) is 9.10. The minimum atomic E-state index is 0.138. The minimum Gasteiger partial charge on any atom is -0.355 e. The monoisotopic (exact) mass is 628 g/mol. The van der Waals surface area contributed by atoms with E-state index in [4.69, 9.17) is 9.97 Å². The van der Waals surface area contributed by atoms with Crippen LogP contribution in [0.25, 0.3) is 44.4 Å². The second-order valence-electron chi connectivity index (χ2n) is 13.6. The van der Waals surface area contributed by atoms with Gasteiger partial charge in [0.1, 0.15) is 12.1 Å². The van der Waals surface area contributed by atoms with Crippen LogP contribution in [0.4, 0.5) is 0 Å². The first-order valence-electron chi connectivity index (χ1n) is 17.5. The van der Waals surface area contributed by atoms with Crippen LogP contribution in [-0.4, -0.2) is 19.9 Å². The highest BCUT2D eigenvalue weighted by Gasteiger charge is 2.41. The summed E-state index contributed by atoms with van der Waals surface area (Å²) in [7, 11) is 0. The van der Waals surface area contributed by atoms with Crippen LogP contribution < -0.4 is 0 Å². The summed E-state index contributed by atoms with van der Waals surface area (Å²) in [6.45, 7) is 13.3. The van der Waals surface area contributed by atoms with Gasteiger partial charge in [-0.2, -0.15) is 10.5 Å². The van der Waals surface area contributed by atoms with Gasteiger partial charge in [0.25, 0.3) is 0 Å². The lowest BCUT2D eigenvalue weighted by Gasteiger charge is -2.39. The van der Waals surface area contributed by atoms with Crippen LogP contribution in [0.5, 0.6) is 0 Å². The van der Waals surface area contributed by atoms with E-state index in [0.717, 1.165) is 83.4 Å². The Morgan fingerprint density at radius 2 is 0.979 bits per heavy atom. The molecule has 48 heavy (non-hydrogen) atoms. The zero-order valence-corrected chi connectivity index (χ0v) is 28.7. The van der Waals surface area contributed by atoms with Crippen LogP contribution in [0.15, 0.2) is 36.4 Å². The average Bonchev–Trinajstić information content (AvgIpc) is 3.81. The lowest BCUT2D eigenvalue weighted by Crippen LogP contribution is -2.24. The van der Waals surface area contributed by atoms with Gasteiger partial charge in [0.05, 0.1) is 33.9 Å². The Kier molecular flexibility index (Phi) is 7.04. The summed E-state index contributed by atoms with van der Waals surface area (Å²) in [5.74, 6) is 0.276. The van der Waals surface area contributed by atoms with Gasteiger partial charge in [-0.3, -0.25) is 0 Å². The largest absolute Gasteiger partial charge is 0.355 e. The molecule has 2 unspecified atom stereocenters. The van der Waals surface area contributed by atoms with Crippen LogP contribution in [0.2, 0.25) is 0 Å². The molecule has 6 heteroatoms. The van der Waals surface area contributed by atoms with Gasteiger partial charge in [-0.05, 0) is 144 Å². The number of nitrogens with zero attached hydrogens (tertiary/aromatic N) is 4. The molecule has 5 heterocycles. The summed E-state index contributed by atoms with van der Waals surface area (Å²) in [6.07, 6.45) is 5.70. The number of fused-ring (bicyclic) bond motifs is 9. The van der Waals surface area contributed by atoms with Crippen LogP contribution in [0.1, 0.15) is 146 Å². The molecule has 6 nitrogen and oxygen atoms in total. The number of nitriles is 2. The molecule has 4 aromatic rings. The van der Waals surface area contributed by atoms with Gasteiger partial charge in [-0.15, -0.1) is 0 Å². The number of rotatable bonds is 4. The van der Waals surface area contributed by atoms with Crippen molar-refractivity contribution in [2.75, 3.05) is 0 Å². The highest BCUT2D eigenvalue weighted by atomic mass is 14.8. The zero-order chi connectivity index (χ0) is 33.4. The molecule has 10 bridgehead atoms. The summed E-state index contributed by atoms with van der Waals surface area (Å²) in [5.41, 5.74) is 22.0. The molecule has 238 valence electrons. The second kappa shape index (κ2) is 11.2. The third-order valence-corrected chi connectivity index (χ3v) is 11.4. The molecule has 1 aromatic carbocycles. The van der Waals surface area contributed by atoms with Gasteiger partial charge in [-0.1, -0.05) is 27.7 Å². The lowest BCUT2D eigenvalue weighted by molar-refractivity contribution is 0.527. The zero-order valence-electron chi connectivity index (χ0n) is 28.7. The number of hydrogen-bond acceptors (Lipinski definition) is 4. The Balaban J connectivity index is 1.52. The fraction of sp³-hybridized carbons (Fsp3) is 0.333. The predicted octanol–water partition coefficient (Wildman–Crippen LogP) is 10.2. The minimum absolute atomic E-state index is 0.138. The smallest absolute Gasteiger partial charge is 0.101 e. The molecule has 2 aliphatic heterocycles. The molecule has 0 amide bonds. The van der Waals surface area contributed by atoms with Crippen LogP contribution >= 0.6 is 0 Å². The SMILES string of the molecule is CCC1=C(C)c2cc3[nH]c(cc4nc(cc5[nH]c(cc1n2)c(CC)c5CC)C(CC)=C4C)c1c3C2CCC1c1cc(C#N)c(C#N)cc12. The van der Waals surface area contributed by atoms with E-state index < -0.39 is 0 Å². The van der Waals surface area contributed by atoms with E-state index in [0.29, 0.717) is 11.1 Å². The highest BCUT2D eigenvalue weighted by Crippen LogP contribution is 2.56. The van der Waals surface area contributed by atoms with E-state index >= 15 is 0 Å². The molecule has 3 aromatic heterocycles. The number of benzene rings is 1. The summed E-state index contributed by atoms with van der Waals surface area (Å²) in [4.78, 5) is 18.3. The summed E-state index contributed by atoms with van der Waals surface area (Å²) in [5, 5.41) is 19.8. The quantitative estimate of drug-likeness (QED) is 0.235. The van der Waals surface area contributed by atoms with Crippen molar-refractivity contribution in [2.24, 2.45) is 0 Å². The molecular formula is C42H40N6. The highest BCUT2D eigenvalue weighted by molar-refractivity contribution is 5.95. The van der Waals surface area contributed by atoms with Crippen molar-refractivity contribution in [3.8, 4) is 12.1 Å². The molecule has 2 atom stereocenters. The van der Waals surface area contributed by atoms with Gasteiger partial charge in [0.2, 0.25) is 0 Å². The number of nitrogens with one attached hydrogen (secondary N) is 2. The van der Waals surface area contributed by atoms with Crippen molar-refractivity contribution in [3.63, 3.8) is 0 Å². The van der Waals surface area contributed by atoms with Gasteiger partial charge in [0.15, 0.2) is 0 Å². The van der Waals surface area contributed by atoms with Crippen molar-refractivity contribution in [1.82, 2.24) is 19.9 Å². The Morgan fingerprint density at radius 1 is 0.583 bits per heavy atom. The summed E-state index contributed by atoms with van der Waals surface area (Å²) >= 11 is 0. The topological polar surface area (TPSA) is 105 Å². The average molecular weight is 629 g/mol. The van der Waals surface area contributed by atoms with E-state index in [1.54, 1.807) is 0 Å². The first-order valence-corrected chi connectivity index (χ1v) is 17.5. The Hall–Kier alpha value is -5.20. The van der Waals surface area contributed by atoms with Gasteiger partial charge in [-0.25, -0.2) is 9.97 Å². The summed E-state index contributed by atoms with van der Waals surface area (Å²) < 4.78 is 0. The molecule has 0 radical (unpaired) electrons. The van der Waals surface area contributed by atoms with E-state index in [9.17, 15) is 10.5 Å². The number of aryl methyl sites for hydroxylation is 2. The number of hydrogen-bond donors (Lipinski definition) is 2. The molecule has 9 rings (SSSR count). The van der Waals surface area contributed by atoms with Crippen molar-refractivity contribution in [2.45, 2.75) is 91.9 Å². The van der Waals surface area contributed by atoms with E-state index in [2.05, 4.69) is 87.9 Å². The third-order valence-electron chi connectivity index (χ3n) is 11.4. The lowest BCUT2D eigenvalue weighted by atomic mass is 9.63. The standard InChI is InChI=1S/C42H40N6/c1-7-25-21(5)33-15-39-41-29-11-12-30(32-14-24(20-44)23(19-43)13-31(29)32)42(41)40(48-39)16-34-22(6)26(8-2)36(46-34)18-38-28(10-4)27(9-3)37(47-38)17-35(25)45-33/h13-18,29-30,47-48H,7-12H2,1-6H3. The maximum absolute atomic E-state index is 9.91. The first kappa shape index (κ1) is 30.2. The molecule has 3 aliphatic carbocycles. The first-order chi connectivity index (χ1) is 23.3. The maximum Gasteiger partial charge on any atom is 0.101 e. The molecular weight excluding hydrogens is 589 g/mol. The Labute approximate surface area is 281 Å². The molecule has 0 spiro atoms. The van der Waals surface area contributed by atoms with E-state index in [-0.39, 0.29) is 11.8 Å². The number of aromatic nitrogens is 4. The number of allylic oxidation sites excluding steroid dienone is 4. The molecule has 0 saturated heterocycles. The number of aromatic amines is 2. The van der Waals surface area contributed by atoms with Gasteiger partial charge >= 0.3 is 0 Å². The van der Waals surface area contributed by atoms with Crippen LogP contribution in [0.3, 0.4) is 0 Å². The van der Waals surface area contributed by atoms with E-state index in [1.165, 1.54) is 55.7 Å². The Bertz CT molecular complexity index is 2230. The van der Waals surface area contributed by atoms with Crippen molar-refractivity contribution in [1.29, 1.82) is 10.5 Å². The van der Waals surface area contributed by atoms with Crippen molar-refractivity contribution >= 4 is 44.4 Å². The summed E-state index contributed by atoms with van der Waals surface area (Å²) in [6, 6.07) is 17.6. The van der Waals surface area contributed by atoms with E-state index in [1.807, 2.05) is 12.1 Å². The fourth-order valence-corrected chi connectivity index (χ4v) is 9.10. The van der Waals surface area contributed by atoms with Gasteiger partial charge in [0, 0.05) is 33.9 Å². The maximum atomic E-state index is 9.91. The van der Waals surface area contributed by atoms with Gasteiger partial charge < -0.3 is 9.97 Å². The predicted molar refractivity (Wildman–Crippen MR) is 194 cm³/mol. The third kappa shape index (κ3) is 4.22. The molecule has 5 aliphatic rings. The molecule has 0 fully saturated rings. The van der Waals surface area contributed by atoms with Crippen LogP contribution in [-0.2, 0) is 12.8 Å². The Morgan fingerprint density at radius 3 is 1.35 bits per heavy atom. The van der Waals surface area contributed by atoms with Crippen molar-refractivity contribution < 1.29 is 0 Å². The van der Waals surface area contributed by atoms with Crippen molar-refractivity contribution in [3.05, 3.63) is 104 Å². The second-order valence-corrected chi connectivity index (χ2v) is 13.6. The van der Waals surface area contributed by atoms with Crippen LogP contribution in [0, 0.1) is 22.7 Å². The normalized spacial score (nSPS) is 17.8. The molecule has 0 saturated carbocycles.